The van der Waals surface area contributed by atoms with Gasteiger partial charge in [0.2, 0.25) is 0 Å². The minimum absolute atomic E-state index is 0.0169. The minimum Gasteiger partial charge on any atom is -0.378 e. The van der Waals surface area contributed by atoms with Gasteiger partial charge < -0.3 is 9.88 Å². The van der Waals surface area contributed by atoms with E-state index in [0.29, 0.717) is 12.2 Å². The van der Waals surface area contributed by atoms with Crippen molar-refractivity contribution >= 4 is 5.69 Å². The molecule has 106 valence electrons. The molecule has 4 nitrogen and oxygen atoms in total. The predicted molar refractivity (Wildman–Crippen MR) is 75.5 cm³/mol. The second kappa shape index (κ2) is 6.19. The summed E-state index contributed by atoms with van der Waals surface area (Å²) in [5, 5.41) is 3.17. The van der Waals surface area contributed by atoms with Gasteiger partial charge in [0.15, 0.2) is 0 Å². The van der Waals surface area contributed by atoms with E-state index in [1.165, 1.54) is 0 Å². The van der Waals surface area contributed by atoms with Crippen molar-refractivity contribution in [1.82, 2.24) is 9.47 Å². The highest BCUT2D eigenvalue weighted by Crippen LogP contribution is 2.20. The number of aromatic nitrogens is 1. The Morgan fingerprint density at radius 2 is 2.32 bits per heavy atom. The Bertz CT molecular complexity index is 472. The van der Waals surface area contributed by atoms with Crippen molar-refractivity contribution < 1.29 is 4.39 Å². The summed E-state index contributed by atoms with van der Waals surface area (Å²) in [7, 11) is 0. The molecule has 0 bridgehead atoms. The number of hydrogen-bond acceptors (Lipinski definition) is 3. The lowest BCUT2D eigenvalue weighted by Crippen LogP contribution is -2.30. The van der Waals surface area contributed by atoms with E-state index in [0.717, 1.165) is 19.5 Å². The lowest BCUT2D eigenvalue weighted by molar-refractivity contribution is 0.287. The first-order chi connectivity index (χ1) is 9.11. The van der Waals surface area contributed by atoms with E-state index >= 15 is 0 Å². The molecule has 1 aliphatic rings. The smallest absolute Gasteiger partial charge is 0.274 e. The molecule has 19 heavy (non-hydrogen) atoms. The van der Waals surface area contributed by atoms with Gasteiger partial charge in [-0.05, 0) is 32.4 Å². The van der Waals surface area contributed by atoms with Gasteiger partial charge in [0.05, 0.1) is 6.04 Å². The number of nitrogens with zero attached hydrogens (tertiary/aromatic N) is 2. The fourth-order valence-electron chi connectivity index (χ4n) is 2.58. The van der Waals surface area contributed by atoms with Gasteiger partial charge in [0, 0.05) is 31.9 Å². The van der Waals surface area contributed by atoms with Crippen LogP contribution < -0.4 is 10.9 Å². The Hall–Kier alpha value is -1.36. The largest absolute Gasteiger partial charge is 0.378 e. The summed E-state index contributed by atoms with van der Waals surface area (Å²) in [6.45, 7) is 5.79. The second-order valence-electron chi connectivity index (χ2n) is 5.37. The molecule has 2 heterocycles. The molecule has 0 aliphatic carbocycles. The molecule has 0 radical (unpaired) electrons. The predicted octanol–water partition coefficient (Wildman–Crippen LogP) is 1.88. The number of pyridine rings is 1. The summed E-state index contributed by atoms with van der Waals surface area (Å²) in [6.07, 6.45) is 2.74. The zero-order valence-corrected chi connectivity index (χ0v) is 11.6. The van der Waals surface area contributed by atoms with E-state index in [2.05, 4.69) is 10.2 Å². The van der Waals surface area contributed by atoms with Crippen LogP contribution in [0, 0.1) is 0 Å². The third-order valence-corrected chi connectivity index (χ3v) is 3.46. The molecule has 1 N–H and O–H groups in total. The van der Waals surface area contributed by atoms with Gasteiger partial charge in [-0.25, -0.2) is 4.39 Å². The SMILES string of the molecule is CC(C)Nc1cccn([C@H]2CCN(CCF)C2)c1=O. The molecular formula is C14H22FN3O. The van der Waals surface area contributed by atoms with Crippen LogP contribution in [0.15, 0.2) is 23.1 Å². The van der Waals surface area contributed by atoms with Gasteiger partial charge in [-0.15, -0.1) is 0 Å². The van der Waals surface area contributed by atoms with Crippen molar-refractivity contribution in [3.63, 3.8) is 0 Å². The summed E-state index contributed by atoms with van der Waals surface area (Å²) < 4.78 is 14.1. The van der Waals surface area contributed by atoms with Crippen LogP contribution in [0.1, 0.15) is 26.3 Å². The van der Waals surface area contributed by atoms with Crippen molar-refractivity contribution in [2.75, 3.05) is 31.6 Å². The Morgan fingerprint density at radius 3 is 3.00 bits per heavy atom. The van der Waals surface area contributed by atoms with Crippen LogP contribution in [0.4, 0.5) is 10.1 Å². The first-order valence-corrected chi connectivity index (χ1v) is 6.88. The van der Waals surface area contributed by atoms with Crippen molar-refractivity contribution in [3.8, 4) is 0 Å². The Morgan fingerprint density at radius 1 is 1.53 bits per heavy atom. The number of rotatable bonds is 5. The molecule has 0 amide bonds. The summed E-state index contributed by atoms with van der Waals surface area (Å²) >= 11 is 0. The van der Waals surface area contributed by atoms with Crippen LogP contribution in [0.2, 0.25) is 0 Å². The van der Waals surface area contributed by atoms with Crippen molar-refractivity contribution in [3.05, 3.63) is 28.7 Å². The zero-order valence-electron chi connectivity index (χ0n) is 11.6. The van der Waals surface area contributed by atoms with Crippen LogP contribution >= 0.6 is 0 Å². The minimum atomic E-state index is -0.323. The lowest BCUT2D eigenvalue weighted by Gasteiger charge is -2.17. The summed E-state index contributed by atoms with van der Waals surface area (Å²) in [6, 6.07) is 4.10. The molecule has 2 rings (SSSR count). The van der Waals surface area contributed by atoms with Gasteiger partial charge in [-0.2, -0.15) is 0 Å². The van der Waals surface area contributed by atoms with Gasteiger partial charge in [-0.3, -0.25) is 9.69 Å². The van der Waals surface area contributed by atoms with Crippen LogP contribution in [0.3, 0.4) is 0 Å². The number of halogens is 1. The summed E-state index contributed by atoms with van der Waals surface area (Å²) in [5.41, 5.74) is 0.657. The van der Waals surface area contributed by atoms with E-state index in [-0.39, 0.29) is 24.3 Å². The monoisotopic (exact) mass is 267 g/mol. The van der Waals surface area contributed by atoms with Crippen LogP contribution in [0.5, 0.6) is 0 Å². The third-order valence-electron chi connectivity index (χ3n) is 3.46. The molecule has 1 aliphatic heterocycles. The van der Waals surface area contributed by atoms with Crippen LogP contribution in [-0.2, 0) is 0 Å². The van der Waals surface area contributed by atoms with E-state index in [4.69, 9.17) is 0 Å². The van der Waals surface area contributed by atoms with E-state index in [9.17, 15) is 9.18 Å². The fraction of sp³-hybridized carbons (Fsp3) is 0.643. The number of anilines is 1. The van der Waals surface area contributed by atoms with Gasteiger partial charge >= 0.3 is 0 Å². The molecule has 1 saturated heterocycles. The highest BCUT2D eigenvalue weighted by atomic mass is 19.1. The van der Waals surface area contributed by atoms with Crippen molar-refractivity contribution in [2.45, 2.75) is 32.4 Å². The zero-order chi connectivity index (χ0) is 13.8. The quantitative estimate of drug-likeness (QED) is 0.885. The highest BCUT2D eigenvalue weighted by molar-refractivity contribution is 5.41. The maximum atomic E-state index is 12.4. The summed E-state index contributed by atoms with van der Waals surface area (Å²) in [5.74, 6) is 0. The average molecular weight is 267 g/mol. The van der Waals surface area contributed by atoms with Crippen molar-refractivity contribution in [1.29, 1.82) is 0 Å². The first-order valence-electron chi connectivity index (χ1n) is 6.88. The molecular weight excluding hydrogens is 245 g/mol. The topological polar surface area (TPSA) is 37.3 Å². The Balaban J connectivity index is 2.15. The normalized spacial score (nSPS) is 20.1. The molecule has 0 saturated carbocycles. The Labute approximate surface area is 113 Å². The second-order valence-corrected chi connectivity index (χ2v) is 5.37. The van der Waals surface area contributed by atoms with E-state index in [1.807, 2.05) is 32.2 Å². The van der Waals surface area contributed by atoms with E-state index in [1.54, 1.807) is 4.57 Å². The average Bonchev–Trinajstić information content (AvgIpc) is 2.80. The fourth-order valence-corrected chi connectivity index (χ4v) is 2.58. The maximum absolute atomic E-state index is 12.4. The highest BCUT2D eigenvalue weighted by Gasteiger charge is 2.24. The maximum Gasteiger partial charge on any atom is 0.274 e. The number of alkyl halides is 1. The van der Waals surface area contributed by atoms with Gasteiger partial charge in [0.1, 0.15) is 12.4 Å². The standard InChI is InChI=1S/C14H22FN3O/c1-11(2)16-13-4-3-7-18(14(13)19)12-5-8-17(10-12)9-6-15/h3-4,7,11-12,16H,5-6,8-10H2,1-2H3/t12-/m0/s1. The molecule has 0 spiro atoms. The molecule has 0 aromatic carbocycles. The molecule has 0 unspecified atom stereocenters. The van der Waals surface area contributed by atoms with Gasteiger partial charge in [0.25, 0.3) is 5.56 Å². The lowest BCUT2D eigenvalue weighted by atomic mass is 10.2. The van der Waals surface area contributed by atoms with E-state index < -0.39 is 0 Å². The molecule has 1 aromatic heterocycles. The molecule has 1 aromatic rings. The van der Waals surface area contributed by atoms with Crippen LogP contribution in [0.25, 0.3) is 0 Å². The molecule has 1 atom stereocenters. The molecule has 5 heteroatoms. The number of nitrogens with one attached hydrogen (secondary N) is 1. The number of hydrogen-bond donors (Lipinski definition) is 1. The van der Waals surface area contributed by atoms with Crippen LogP contribution in [-0.4, -0.2) is 41.8 Å². The third kappa shape index (κ3) is 3.35. The molecule has 1 fully saturated rings. The Kier molecular flexibility index (Phi) is 4.58. The first kappa shape index (κ1) is 14.1. The van der Waals surface area contributed by atoms with Gasteiger partial charge in [-0.1, -0.05) is 0 Å². The number of likely N-dealkylation sites (tertiary alicyclic amines) is 1. The van der Waals surface area contributed by atoms with Crippen molar-refractivity contribution in [2.24, 2.45) is 0 Å². The summed E-state index contributed by atoms with van der Waals surface area (Å²) in [4.78, 5) is 14.4.